The fourth-order valence-corrected chi connectivity index (χ4v) is 3.92. The van der Waals surface area contributed by atoms with Crippen LogP contribution in [0.5, 0.6) is 0 Å². The van der Waals surface area contributed by atoms with Gasteiger partial charge in [-0.25, -0.2) is 14.8 Å². The van der Waals surface area contributed by atoms with E-state index in [1.807, 2.05) is 18.7 Å². The molecule has 0 aliphatic heterocycles. The Morgan fingerprint density at radius 2 is 2.19 bits per heavy atom. The van der Waals surface area contributed by atoms with E-state index in [2.05, 4.69) is 30.9 Å². The smallest absolute Gasteiger partial charge is 0.317 e. The van der Waals surface area contributed by atoms with E-state index < -0.39 is 0 Å². The molecule has 0 bridgehead atoms. The number of amides is 2. The van der Waals surface area contributed by atoms with Crippen molar-refractivity contribution in [2.24, 2.45) is 0 Å². The van der Waals surface area contributed by atoms with E-state index in [0.29, 0.717) is 19.2 Å². The number of aromatic nitrogens is 4. The van der Waals surface area contributed by atoms with Gasteiger partial charge in [-0.2, -0.15) is 0 Å². The second kappa shape index (κ2) is 7.56. The third kappa shape index (κ3) is 3.49. The Morgan fingerprint density at radius 1 is 1.37 bits per heavy atom. The highest BCUT2D eigenvalue weighted by atomic mass is 16.5. The predicted octanol–water partition coefficient (Wildman–Crippen LogP) is 2.68. The van der Waals surface area contributed by atoms with Gasteiger partial charge in [0.1, 0.15) is 11.2 Å². The Hall–Kier alpha value is -2.61. The van der Waals surface area contributed by atoms with Crippen LogP contribution in [0.25, 0.3) is 22.1 Å². The number of nitrogens with zero attached hydrogens (tertiary/aromatic N) is 4. The van der Waals surface area contributed by atoms with E-state index in [1.54, 1.807) is 19.1 Å². The summed E-state index contributed by atoms with van der Waals surface area (Å²) in [6.45, 7) is 1.15. The zero-order chi connectivity index (χ0) is 18.8. The first-order chi connectivity index (χ1) is 13.2. The lowest BCUT2D eigenvalue weighted by Crippen LogP contribution is -2.45. The van der Waals surface area contributed by atoms with Crippen LogP contribution in [0.15, 0.2) is 24.8 Å². The second-order valence-corrected chi connectivity index (χ2v) is 7.25. The molecule has 27 heavy (non-hydrogen) atoms. The van der Waals surface area contributed by atoms with Crippen LogP contribution in [0.3, 0.4) is 0 Å². The first-order valence-electron chi connectivity index (χ1n) is 9.46. The van der Waals surface area contributed by atoms with E-state index in [1.165, 1.54) is 0 Å². The Labute approximate surface area is 157 Å². The number of hydrogen-bond donors (Lipinski definition) is 2. The molecule has 8 heteroatoms. The molecule has 3 aromatic heterocycles. The van der Waals surface area contributed by atoms with Gasteiger partial charge in [-0.3, -0.25) is 0 Å². The molecule has 8 nitrogen and oxygen atoms in total. The average molecular weight is 370 g/mol. The largest absolute Gasteiger partial charge is 0.383 e. The molecular weight excluding hydrogens is 344 g/mol. The molecule has 3 aromatic rings. The number of methoxy groups -OCH3 is 1. The fourth-order valence-electron chi connectivity index (χ4n) is 3.92. The minimum absolute atomic E-state index is 0.0244. The van der Waals surface area contributed by atoms with E-state index in [0.717, 1.165) is 47.8 Å². The van der Waals surface area contributed by atoms with Gasteiger partial charge in [-0.15, -0.1) is 0 Å². The van der Waals surface area contributed by atoms with Crippen LogP contribution in [-0.2, 0) is 4.74 Å². The summed E-state index contributed by atoms with van der Waals surface area (Å²) in [5.41, 5.74) is 2.97. The van der Waals surface area contributed by atoms with Crippen molar-refractivity contribution in [2.45, 2.75) is 37.8 Å². The first kappa shape index (κ1) is 17.8. The van der Waals surface area contributed by atoms with Gasteiger partial charge in [0.15, 0.2) is 0 Å². The number of pyridine rings is 1. The zero-order valence-corrected chi connectivity index (χ0v) is 15.8. The SMILES string of the molecule is COCCN(C)C(=O)NC1CCC(n2cnc3cnc4[nH]ccc4c32)CC1. The van der Waals surface area contributed by atoms with E-state index in [9.17, 15) is 4.79 Å². The quantitative estimate of drug-likeness (QED) is 0.723. The zero-order valence-electron chi connectivity index (χ0n) is 15.8. The van der Waals surface area contributed by atoms with Gasteiger partial charge in [0.25, 0.3) is 0 Å². The number of fused-ring (bicyclic) bond motifs is 3. The normalized spacial score (nSPS) is 20.2. The molecule has 1 saturated carbocycles. The number of nitrogens with one attached hydrogen (secondary N) is 2. The van der Waals surface area contributed by atoms with Crippen LogP contribution in [0.2, 0.25) is 0 Å². The molecule has 1 fully saturated rings. The van der Waals surface area contributed by atoms with Gasteiger partial charge in [-0.1, -0.05) is 0 Å². The summed E-state index contributed by atoms with van der Waals surface area (Å²) in [5.74, 6) is 0. The van der Waals surface area contributed by atoms with E-state index in [4.69, 9.17) is 4.74 Å². The highest BCUT2D eigenvalue weighted by Gasteiger charge is 2.25. The lowest BCUT2D eigenvalue weighted by Gasteiger charge is -2.31. The van der Waals surface area contributed by atoms with E-state index in [-0.39, 0.29) is 12.1 Å². The minimum atomic E-state index is -0.0244. The second-order valence-electron chi connectivity index (χ2n) is 7.25. The maximum absolute atomic E-state index is 12.3. The number of ether oxygens (including phenoxy) is 1. The summed E-state index contributed by atoms with van der Waals surface area (Å²) in [5, 5.41) is 4.26. The van der Waals surface area contributed by atoms with Crippen molar-refractivity contribution in [2.75, 3.05) is 27.3 Å². The van der Waals surface area contributed by atoms with Crippen LogP contribution >= 0.6 is 0 Å². The third-order valence-corrected chi connectivity index (χ3v) is 5.51. The average Bonchev–Trinajstić information content (AvgIpc) is 3.32. The molecule has 0 atom stereocenters. The lowest BCUT2D eigenvalue weighted by molar-refractivity contribution is 0.155. The van der Waals surface area contributed by atoms with Gasteiger partial charge in [0, 0.05) is 44.4 Å². The summed E-state index contributed by atoms with van der Waals surface area (Å²) in [6.07, 6.45) is 9.65. The van der Waals surface area contributed by atoms with Crippen molar-refractivity contribution in [1.29, 1.82) is 0 Å². The number of likely N-dealkylation sites (N-methyl/N-ethyl adjacent to an activating group) is 1. The maximum Gasteiger partial charge on any atom is 0.317 e. The monoisotopic (exact) mass is 370 g/mol. The molecule has 4 rings (SSSR count). The van der Waals surface area contributed by atoms with Crippen molar-refractivity contribution < 1.29 is 9.53 Å². The third-order valence-electron chi connectivity index (χ3n) is 5.51. The highest BCUT2D eigenvalue weighted by molar-refractivity contribution is 6.00. The molecule has 0 spiro atoms. The van der Waals surface area contributed by atoms with Crippen LogP contribution in [0.4, 0.5) is 4.79 Å². The van der Waals surface area contributed by atoms with Gasteiger partial charge in [-0.05, 0) is 31.7 Å². The summed E-state index contributed by atoms with van der Waals surface area (Å²) < 4.78 is 7.32. The van der Waals surface area contributed by atoms with Crippen molar-refractivity contribution in [3.8, 4) is 0 Å². The van der Waals surface area contributed by atoms with Crippen LogP contribution < -0.4 is 5.32 Å². The van der Waals surface area contributed by atoms with Gasteiger partial charge < -0.3 is 24.5 Å². The molecule has 0 unspecified atom stereocenters. The molecule has 144 valence electrons. The molecule has 3 heterocycles. The number of urea groups is 1. The number of carbonyl (C=O) groups excluding carboxylic acids is 1. The number of carbonyl (C=O) groups is 1. The fraction of sp³-hybridized carbons (Fsp3) is 0.526. The molecule has 2 amide bonds. The first-order valence-corrected chi connectivity index (χ1v) is 9.46. The standard InChI is InChI=1S/C19H26N6O2/c1-24(9-10-27-2)19(26)23-13-3-5-14(6-4-13)25-12-22-16-11-21-18-15(17(16)25)7-8-20-18/h7-8,11-14H,3-6,9-10H2,1-2H3,(H,20,21)(H,23,26). The van der Waals surface area contributed by atoms with Crippen molar-refractivity contribution in [3.05, 3.63) is 24.8 Å². The Kier molecular flexibility index (Phi) is 4.98. The maximum atomic E-state index is 12.3. The Balaban J connectivity index is 1.42. The lowest BCUT2D eigenvalue weighted by atomic mass is 9.91. The van der Waals surface area contributed by atoms with Crippen LogP contribution in [-0.4, -0.2) is 63.8 Å². The van der Waals surface area contributed by atoms with Crippen LogP contribution in [0.1, 0.15) is 31.7 Å². The van der Waals surface area contributed by atoms with Gasteiger partial charge in [0.05, 0.1) is 24.6 Å². The summed E-state index contributed by atoms with van der Waals surface area (Å²) in [7, 11) is 3.44. The predicted molar refractivity (Wildman–Crippen MR) is 104 cm³/mol. The number of imidazole rings is 1. The molecule has 1 aliphatic rings. The van der Waals surface area contributed by atoms with Crippen molar-refractivity contribution in [1.82, 2.24) is 29.7 Å². The minimum Gasteiger partial charge on any atom is -0.383 e. The van der Waals surface area contributed by atoms with Crippen LogP contribution in [0, 0.1) is 0 Å². The Morgan fingerprint density at radius 3 is 2.96 bits per heavy atom. The molecular formula is C19H26N6O2. The number of rotatable bonds is 5. The molecule has 2 N–H and O–H groups in total. The Bertz CT molecular complexity index is 925. The van der Waals surface area contributed by atoms with E-state index >= 15 is 0 Å². The number of aromatic amines is 1. The molecule has 0 aromatic carbocycles. The number of hydrogen-bond acceptors (Lipinski definition) is 4. The van der Waals surface area contributed by atoms with Gasteiger partial charge >= 0.3 is 6.03 Å². The topological polar surface area (TPSA) is 88.1 Å². The van der Waals surface area contributed by atoms with Gasteiger partial charge in [0.2, 0.25) is 0 Å². The summed E-state index contributed by atoms with van der Waals surface area (Å²) >= 11 is 0. The molecule has 1 aliphatic carbocycles. The summed E-state index contributed by atoms with van der Waals surface area (Å²) in [6, 6.07) is 2.66. The molecule has 0 saturated heterocycles. The highest BCUT2D eigenvalue weighted by Crippen LogP contribution is 2.33. The van der Waals surface area contributed by atoms with Crippen molar-refractivity contribution >= 4 is 28.1 Å². The van der Waals surface area contributed by atoms with Crippen molar-refractivity contribution in [3.63, 3.8) is 0 Å². The number of H-pyrrole nitrogens is 1. The molecule has 0 radical (unpaired) electrons. The summed E-state index contributed by atoms with van der Waals surface area (Å²) in [4.78, 5) is 26.1.